The zero-order valence-corrected chi connectivity index (χ0v) is 11.6. The Hall–Kier alpha value is -1.06. The van der Waals surface area contributed by atoms with E-state index in [2.05, 4.69) is 5.32 Å². The van der Waals surface area contributed by atoms with Crippen molar-refractivity contribution in [1.82, 2.24) is 10.2 Å². The lowest BCUT2D eigenvalue weighted by atomic mass is 9.80. The minimum absolute atomic E-state index is 0.0887. The number of carbonyl (C=O) groups excluding carboxylic acids is 2. The van der Waals surface area contributed by atoms with E-state index in [4.69, 9.17) is 0 Å². The lowest BCUT2D eigenvalue weighted by molar-refractivity contribution is -0.149. The van der Waals surface area contributed by atoms with E-state index < -0.39 is 0 Å². The van der Waals surface area contributed by atoms with E-state index in [1.165, 1.54) is 38.5 Å². The third kappa shape index (κ3) is 2.63. The van der Waals surface area contributed by atoms with Gasteiger partial charge in [0, 0.05) is 6.54 Å². The van der Waals surface area contributed by atoms with Crippen LogP contribution in [0, 0.1) is 11.8 Å². The van der Waals surface area contributed by atoms with Crippen LogP contribution < -0.4 is 5.32 Å². The molecule has 0 aromatic heterocycles. The second-order valence-corrected chi connectivity index (χ2v) is 6.40. The third-order valence-corrected chi connectivity index (χ3v) is 5.11. The van der Waals surface area contributed by atoms with Crippen LogP contribution in [0.4, 0.5) is 0 Å². The zero-order chi connectivity index (χ0) is 13.2. The molecule has 1 heterocycles. The summed E-state index contributed by atoms with van der Waals surface area (Å²) in [5, 5.41) is 2.79. The Labute approximate surface area is 114 Å². The molecule has 2 saturated carbocycles. The van der Waals surface area contributed by atoms with Gasteiger partial charge in [0.25, 0.3) is 0 Å². The number of nitrogens with one attached hydrogen (secondary N) is 1. The first kappa shape index (κ1) is 12.9. The second-order valence-electron chi connectivity index (χ2n) is 6.40. The van der Waals surface area contributed by atoms with Crippen LogP contribution in [0.3, 0.4) is 0 Å². The van der Waals surface area contributed by atoms with Gasteiger partial charge in [0.2, 0.25) is 11.8 Å². The van der Waals surface area contributed by atoms with Gasteiger partial charge in [0.05, 0.1) is 6.54 Å². The van der Waals surface area contributed by atoms with Gasteiger partial charge in [-0.1, -0.05) is 25.7 Å². The molecular weight excluding hydrogens is 240 g/mol. The number of hydrogen-bond acceptors (Lipinski definition) is 2. The lowest BCUT2D eigenvalue weighted by Crippen LogP contribution is -2.62. The van der Waals surface area contributed by atoms with Crippen molar-refractivity contribution in [3.05, 3.63) is 0 Å². The number of rotatable bonds is 3. The molecule has 2 aliphatic carbocycles. The highest BCUT2D eigenvalue weighted by molar-refractivity contribution is 5.95. The Morgan fingerprint density at radius 2 is 1.74 bits per heavy atom. The van der Waals surface area contributed by atoms with Crippen molar-refractivity contribution in [2.45, 2.75) is 57.4 Å². The second kappa shape index (κ2) is 5.51. The van der Waals surface area contributed by atoms with Gasteiger partial charge >= 0.3 is 0 Å². The van der Waals surface area contributed by atoms with Crippen molar-refractivity contribution in [1.29, 1.82) is 0 Å². The number of amides is 2. The van der Waals surface area contributed by atoms with Crippen LogP contribution >= 0.6 is 0 Å². The Balaban J connectivity index is 1.73. The van der Waals surface area contributed by atoms with Gasteiger partial charge in [0.1, 0.15) is 6.04 Å². The average molecular weight is 264 g/mol. The lowest BCUT2D eigenvalue weighted by Gasteiger charge is -2.43. The highest BCUT2D eigenvalue weighted by Gasteiger charge is 2.41. The fraction of sp³-hybridized carbons (Fsp3) is 0.867. The molecule has 0 aromatic rings. The molecule has 0 spiro atoms. The van der Waals surface area contributed by atoms with Crippen molar-refractivity contribution in [2.75, 3.05) is 13.1 Å². The van der Waals surface area contributed by atoms with Crippen molar-refractivity contribution < 1.29 is 9.59 Å². The van der Waals surface area contributed by atoms with Crippen LogP contribution in [-0.2, 0) is 9.59 Å². The van der Waals surface area contributed by atoms with Crippen LogP contribution in [0.5, 0.6) is 0 Å². The average Bonchev–Trinajstić information content (AvgIpc) is 2.38. The van der Waals surface area contributed by atoms with Gasteiger partial charge in [-0.25, -0.2) is 0 Å². The summed E-state index contributed by atoms with van der Waals surface area (Å²) < 4.78 is 0. The molecule has 1 aliphatic heterocycles. The summed E-state index contributed by atoms with van der Waals surface area (Å²) in [4.78, 5) is 26.3. The predicted octanol–water partition coefficient (Wildman–Crippen LogP) is 1.69. The molecule has 0 aromatic carbocycles. The van der Waals surface area contributed by atoms with E-state index in [0.717, 1.165) is 19.4 Å². The SMILES string of the molecule is O=C1NCC(=O)N(CC2CCC2)C1C1CCCCC1. The molecule has 1 unspecified atom stereocenters. The van der Waals surface area contributed by atoms with E-state index in [1.54, 1.807) is 0 Å². The summed E-state index contributed by atoms with van der Waals surface area (Å²) in [5.74, 6) is 1.24. The molecule has 4 nitrogen and oxygen atoms in total. The van der Waals surface area contributed by atoms with Crippen molar-refractivity contribution in [3.63, 3.8) is 0 Å². The van der Waals surface area contributed by atoms with Crippen LogP contribution in [0.25, 0.3) is 0 Å². The first-order valence-electron chi connectivity index (χ1n) is 7.83. The van der Waals surface area contributed by atoms with Crippen LogP contribution in [0.1, 0.15) is 51.4 Å². The number of piperazine rings is 1. The molecule has 1 N–H and O–H groups in total. The highest BCUT2D eigenvalue weighted by Crippen LogP contribution is 2.33. The summed E-state index contributed by atoms with van der Waals surface area (Å²) >= 11 is 0. The van der Waals surface area contributed by atoms with Gasteiger partial charge in [0.15, 0.2) is 0 Å². The maximum absolute atomic E-state index is 12.2. The summed E-state index contributed by atoms with van der Waals surface area (Å²) in [6.45, 7) is 1.02. The molecule has 0 bridgehead atoms. The van der Waals surface area contributed by atoms with Gasteiger partial charge in [-0.15, -0.1) is 0 Å². The number of nitrogens with zero attached hydrogens (tertiary/aromatic N) is 1. The first-order chi connectivity index (χ1) is 9.25. The van der Waals surface area contributed by atoms with Gasteiger partial charge in [-0.05, 0) is 37.5 Å². The van der Waals surface area contributed by atoms with E-state index in [1.807, 2.05) is 4.90 Å². The molecule has 4 heteroatoms. The maximum atomic E-state index is 12.2. The van der Waals surface area contributed by atoms with Crippen molar-refractivity contribution in [2.24, 2.45) is 11.8 Å². The Morgan fingerprint density at radius 1 is 1.00 bits per heavy atom. The molecule has 3 aliphatic rings. The summed E-state index contributed by atoms with van der Waals surface area (Å²) in [7, 11) is 0. The van der Waals surface area contributed by atoms with E-state index in [9.17, 15) is 9.59 Å². The Morgan fingerprint density at radius 3 is 2.37 bits per heavy atom. The standard InChI is InChI=1S/C15H24N2O2/c18-13-9-16-15(19)14(12-7-2-1-3-8-12)17(13)10-11-5-4-6-11/h11-12,14H,1-10H2,(H,16,19). The summed E-state index contributed by atoms with van der Waals surface area (Å²) in [6.07, 6.45) is 9.64. The Bertz CT molecular complexity index is 359. The molecular formula is C15H24N2O2. The van der Waals surface area contributed by atoms with E-state index in [0.29, 0.717) is 11.8 Å². The van der Waals surface area contributed by atoms with Gasteiger partial charge in [-0.3, -0.25) is 9.59 Å². The van der Waals surface area contributed by atoms with Crippen LogP contribution in [0.15, 0.2) is 0 Å². The number of hydrogen-bond donors (Lipinski definition) is 1. The highest BCUT2D eigenvalue weighted by atomic mass is 16.2. The third-order valence-electron chi connectivity index (χ3n) is 5.11. The van der Waals surface area contributed by atoms with Crippen molar-refractivity contribution >= 4 is 11.8 Å². The fourth-order valence-electron chi connectivity index (χ4n) is 3.75. The molecule has 1 atom stereocenters. The van der Waals surface area contributed by atoms with Crippen molar-refractivity contribution in [3.8, 4) is 0 Å². The normalized spacial score (nSPS) is 30.1. The molecule has 19 heavy (non-hydrogen) atoms. The van der Waals surface area contributed by atoms with E-state index >= 15 is 0 Å². The zero-order valence-electron chi connectivity index (χ0n) is 11.6. The Kier molecular flexibility index (Phi) is 3.76. The first-order valence-corrected chi connectivity index (χ1v) is 7.83. The monoisotopic (exact) mass is 264 g/mol. The summed E-state index contributed by atoms with van der Waals surface area (Å²) in [5.41, 5.74) is 0. The molecule has 106 valence electrons. The van der Waals surface area contributed by atoms with Crippen LogP contribution in [-0.4, -0.2) is 35.8 Å². The molecule has 1 saturated heterocycles. The minimum atomic E-state index is -0.179. The fourth-order valence-corrected chi connectivity index (χ4v) is 3.75. The minimum Gasteiger partial charge on any atom is -0.345 e. The smallest absolute Gasteiger partial charge is 0.243 e. The largest absolute Gasteiger partial charge is 0.345 e. The quantitative estimate of drug-likeness (QED) is 0.843. The topological polar surface area (TPSA) is 49.4 Å². The van der Waals surface area contributed by atoms with E-state index in [-0.39, 0.29) is 24.4 Å². The predicted molar refractivity (Wildman–Crippen MR) is 72.4 cm³/mol. The van der Waals surface area contributed by atoms with Gasteiger partial charge in [-0.2, -0.15) is 0 Å². The molecule has 3 rings (SSSR count). The maximum Gasteiger partial charge on any atom is 0.243 e. The molecule has 0 radical (unpaired) electrons. The van der Waals surface area contributed by atoms with Crippen LogP contribution in [0.2, 0.25) is 0 Å². The number of carbonyl (C=O) groups is 2. The summed E-state index contributed by atoms with van der Waals surface area (Å²) in [6, 6.07) is -0.179. The molecule has 2 amide bonds. The van der Waals surface area contributed by atoms with Gasteiger partial charge < -0.3 is 10.2 Å². The molecule has 3 fully saturated rings.